The summed E-state index contributed by atoms with van der Waals surface area (Å²) in [4.78, 5) is 22.8. The molecule has 1 heterocycles. The number of benzene rings is 2. The number of imidazole rings is 1. The summed E-state index contributed by atoms with van der Waals surface area (Å²) >= 11 is 3.22. The van der Waals surface area contributed by atoms with Gasteiger partial charge < -0.3 is 9.82 Å². The molecule has 0 aliphatic rings. The summed E-state index contributed by atoms with van der Waals surface area (Å²) in [7, 11) is 0. The molecule has 9 heteroatoms. The van der Waals surface area contributed by atoms with Crippen LogP contribution in [0.15, 0.2) is 53.0 Å². The number of fused-ring (bicyclic) bond motifs is 1. The van der Waals surface area contributed by atoms with Crippen LogP contribution in [0.3, 0.4) is 0 Å². The average Bonchev–Trinajstić information content (AvgIpc) is 2.96. The van der Waals surface area contributed by atoms with Gasteiger partial charge in [-0.05, 0) is 40.2 Å². The molecule has 0 aliphatic heterocycles. The van der Waals surface area contributed by atoms with E-state index in [4.69, 9.17) is 0 Å². The van der Waals surface area contributed by atoms with Crippen LogP contribution in [0.4, 0.5) is 24.8 Å². The Morgan fingerprint density at radius 1 is 1.12 bits per heavy atom. The molecule has 2 aromatic carbocycles. The minimum Gasteiger partial charge on any atom is -0.324 e. The van der Waals surface area contributed by atoms with E-state index < -0.39 is 12.1 Å². The smallest absolute Gasteiger partial charge is 0.324 e. The average molecular weight is 400 g/mol. The van der Waals surface area contributed by atoms with Crippen molar-refractivity contribution in [3.63, 3.8) is 0 Å². The minimum absolute atomic E-state index is 0.0549. The number of para-hydroxylation sites is 3. The third kappa shape index (κ3) is 3.21. The summed E-state index contributed by atoms with van der Waals surface area (Å²) in [6.45, 7) is 0. The lowest BCUT2D eigenvalue weighted by Crippen LogP contribution is -2.33. The van der Waals surface area contributed by atoms with Crippen molar-refractivity contribution in [2.45, 2.75) is 6.18 Å². The van der Waals surface area contributed by atoms with Gasteiger partial charge >= 0.3 is 12.1 Å². The third-order valence-corrected chi connectivity index (χ3v) is 3.72. The zero-order valence-electron chi connectivity index (χ0n) is 11.8. The van der Waals surface area contributed by atoms with Crippen LogP contribution in [0.2, 0.25) is 0 Å². The molecule has 1 N–H and O–H groups in total. The molecule has 5 nitrogen and oxygen atoms in total. The molecule has 0 amide bonds. The molecule has 0 aliphatic carbocycles. The SMILES string of the molecule is O=C(ON(c1nc2ccccc2[nH]1)c1ccccc1Br)C(F)(F)F. The van der Waals surface area contributed by atoms with E-state index in [1.165, 1.54) is 6.07 Å². The maximum atomic E-state index is 12.6. The summed E-state index contributed by atoms with van der Waals surface area (Å²) in [6, 6.07) is 13.2. The van der Waals surface area contributed by atoms with Gasteiger partial charge in [-0.3, -0.25) is 0 Å². The van der Waals surface area contributed by atoms with E-state index >= 15 is 0 Å². The zero-order valence-corrected chi connectivity index (χ0v) is 13.4. The summed E-state index contributed by atoms with van der Waals surface area (Å²) < 4.78 is 38.2. The van der Waals surface area contributed by atoms with Crippen molar-refractivity contribution in [2.24, 2.45) is 0 Å². The van der Waals surface area contributed by atoms with E-state index in [9.17, 15) is 18.0 Å². The van der Waals surface area contributed by atoms with Crippen LogP contribution in [0.1, 0.15) is 0 Å². The fraction of sp³-hybridized carbons (Fsp3) is 0.0667. The van der Waals surface area contributed by atoms with Crippen LogP contribution in [-0.4, -0.2) is 22.1 Å². The number of halogens is 4. The Morgan fingerprint density at radius 3 is 2.46 bits per heavy atom. The number of carbonyl (C=O) groups excluding carboxylic acids is 1. The molecule has 0 fully saturated rings. The normalized spacial score (nSPS) is 11.5. The molecule has 0 atom stereocenters. The zero-order chi connectivity index (χ0) is 17.3. The highest BCUT2D eigenvalue weighted by Gasteiger charge is 2.43. The standard InChI is InChI=1S/C15H9BrF3N3O2/c16-9-5-1-4-8-12(9)22(24-13(23)15(17,18)19)14-20-10-6-2-3-7-11(10)21-14/h1-8H,(H,20,21). The number of anilines is 2. The van der Waals surface area contributed by atoms with Gasteiger partial charge in [0.05, 0.1) is 16.7 Å². The molecule has 3 aromatic rings. The van der Waals surface area contributed by atoms with Crippen LogP contribution >= 0.6 is 15.9 Å². The van der Waals surface area contributed by atoms with Gasteiger partial charge in [0.2, 0.25) is 5.95 Å². The van der Waals surface area contributed by atoms with Gasteiger partial charge in [0.1, 0.15) is 0 Å². The molecule has 3 rings (SSSR count). The highest BCUT2D eigenvalue weighted by atomic mass is 79.9. The molecule has 1 aromatic heterocycles. The first kappa shape index (κ1) is 16.3. The molecule has 0 saturated heterocycles. The number of hydrogen-bond donors (Lipinski definition) is 1. The van der Waals surface area contributed by atoms with Crippen molar-refractivity contribution in [2.75, 3.05) is 5.06 Å². The fourth-order valence-corrected chi connectivity index (χ4v) is 2.44. The molecule has 0 bridgehead atoms. The van der Waals surface area contributed by atoms with Crippen LogP contribution in [0, 0.1) is 0 Å². The van der Waals surface area contributed by atoms with Crippen LogP contribution in [-0.2, 0) is 9.63 Å². The van der Waals surface area contributed by atoms with Crippen LogP contribution < -0.4 is 5.06 Å². The second kappa shape index (κ2) is 6.16. The first-order chi connectivity index (χ1) is 11.4. The second-order valence-electron chi connectivity index (χ2n) is 4.70. The lowest BCUT2D eigenvalue weighted by Gasteiger charge is -2.21. The van der Waals surface area contributed by atoms with Gasteiger partial charge in [-0.25, -0.2) is 9.78 Å². The lowest BCUT2D eigenvalue weighted by molar-refractivity contribution is -0.200. The Kier molecular flexibility index (Phi) is 4.18. The molecular formula is C15H9BrF3N3O2. The maximum Gasteiger partial charge on any atom is 0.493 e. The topological polar surface area (TPSA) is 58.2 Å². The quantitative estimate of drug-likeness (QED) is 0.659. The van der Waals surface area contributed by atoms with E-state index in [-0.39, 0.29) is 11.6 Å². The maximum absolute atomic E-state index is 12.6. The Morgan fingerprint density at radius 2 is 1.79 bits per heavy atom. The molecule has 0 spiro atoms. The molecule has 0 radical (unpaired) electrons. The minimum atomic E-state index is -5.13. The van der Waals surface area contributed by atoms with Crippen molar-refractivity contribution in [3.05, 3.63) is 53.0 Å². The van der Waals surface area contributed by atoms with Gasteiger partial charge in [0.25, 0.3) is 0 Å². The van der Waals surface area contributed by atoms with Crippen molar-refractivity contribution in [3.8, 4) is 0 Å². The Bertz CT molecular complexity index is 862. The number of alkyl halides is 3. The Balaban J connectivity index is 2.07. The Hall–Kier alpha value is -2.55. The number of nitrogens with one attached hydrogen (secondary N) is 1. The van der Waals surface area contributed by atoms with Gasteiger partial charge in [-0.1, -0.05) is 24.3 Å². The van der Waals surface area contributed by atoms with Crippen molar-refractivity contribution >= 4 is 44.6 Å². The number of nitrogens with zero attached hydrogens (tertiary/aromatic N) is 2. The number of aromatic amines is 1. The van der Waals surface area contributed by atoms with E-state index in [1.807, 2.05) is 0 Å². The molecule has 24 heavy (non-hydrogen) atoms. The Labute approximate surface area is 142 Å². The highest BCUT2D eigenvalue weighted by molar-refractivity contribution is 9.10. The predicted molar refractivity (Wildman–Crippen MR) is 84.5 cm³/mol. The van der Waals surface area contributed by atoms with Gasteiger partial charge in [-0.2, -0.15) is 13.2 Å². The van der Waals surface area contributed by atoms with E-state index in [0.717, 1.165) is 0 Å². The van der Waals surface area contributed by atoms with Crippen LogP contribution in [0.5, 0.6) is 0 Å². The molecule has 124 valence electrons. The summed E-state index contributed by atoms with van der Waals surface area (Å²) in [6.07, 6.45) is -5.13. The summed E-state index contributed by atoms with van der Waals surface area (Å²) in [5.74, 6) is -2.40. The van der Waals surface area contributed by atoms with Crippen molar-refractivity contribution in [1.29, 1.82) is 0 Å². The lowest BCUT2D eigenvalue weighted by atomic mass is 10.3. The van der Waals surface area contributed by atoms with E-state index in [0.29, 0.717) is 20.6 Å². The number of carbonyl (C=O) groups is 1. The first-order valence-corrected chi connectivity index (χ1v) is 7.44. The largest absolute Gasteiger partial charge is 0.493 e. The molecule has 0 unspecified atom stereocenters. The molecular weight excluding hydrogens is 391 g/mol. The monoisotopic (exact) mass is 399 g/mol. The van der Waals surface area contributed by atoms with E-state index in [1.54, 1.807) is 42.5 Å². The van der Waals surface area contributed by atoms with Gasteiger partial charge in [-0.15, -0.1) is 5.06 Å². The second-order valence-corrected chi connectivity index (χ2v) is 5.55. The van der Waals surface area contributed by atoms with Gasteiger partial charge in [0, 0.05) is 4.47 Å². The van der Waals surface area contributed by atoms with E-state index in [2.05, 4.69) is 30.7 Å². The summed E-state index contributed by atoms with van der Waals surface area (Å²) in [5.41, 5.74) is 1.30. The predicted octanol–water partition coefficient (Wildman–Crippen LogP) is 4.48. The van der Waals surface area contributed by atoms with Crippen LogP contribution in [0.25, 0.3) is 11.0 Å². The number of aromatic nitrogens is 2. The van der Waals surface area contributed by atoms with Gasteiger partial charge in [0.15, 0.2) is 0 Å². The first-order valence-electron chi connectivity index (χ1n) is 6.65. The molecule has 0 saturated carbocycles. The summed E-state index contributed by atoms with van der Waals surface area (Å²) in [5, 5.41) is 0.708. The van der Waals surface area contributed by atoms with Crippen molar-refractivity contribution in [1.82, 2.24) is 9.97 Å². The third-order valence-electron chi connectivity index (χ3n) is 3.05. The highest BCUT2D eigenvalue weighted by Crippen LogP contribution is 2.33. The number of rotatable bonds is 3. The number of H-pyrrole nitrogens is 1. The fourth-order valence-electron chi connectivity index (χ4n) is 1.99. The number of hydrogen-bond acceptors (Lipinski definition) is 4. The van der Waals surface area contributed by atoms with Crippen molar-refractivity contribution < 1.29 is 22.8 Å².